The average molecular weight is 249 g/mol. The minimum Gasteiger partial charge on any atom is -0.382 e. The number of anilines is 2. The summed E-state index contributed by atoms with van der Waals surface area (Å²) in [6, 6.07) is 8.47. The standard InChI is InChI=1S/C14H23N3O/c1-16(2)13-6-4-12(5-7-13)15-10-14-11-17(3)8-9-18-14/h4-7,14-15H,8-11H2,1-3H3. The second kappa shape index (κ2) is 6.07. The molecule has 0 radical (unpaired) electrons. The largest absolute Gasteiger partial charge is 0.382 e. The number of nitrogens with zero attached hydrogens (tertiary/aromatic N) is 2. The van der Waals surface area contributed by atoms with Crippen molar-refractivity contribution in [1.29, 1.82) is 0 Å². The molecule has 18 heavy (non-hydrogen) atoms. The van der Waals surface area contributed by atoms with Crippen molar-refractivity contribution in [2.75, 3.05) is 57.6 Å². The maximum absolute atomic E-state index is 5.72. The Bertz CT molecular complexity index is 364. The van der Waals surface area contributed by atoms with E-state index in [1.807, 2.05) is 14.1 Å². The Morgan fingerprint density at radius 3 is 2.67 bits per heavy atom. The van der Waals surface area contributed by atoms with Crippen molar-refractivity contribution in [1.82, 2.24) is 4.90 Å². The van der Waals surface area contributed by atoms with Gasteiger partial charge in [-0.25, -0.2) is 0 Å². The molecule has 1 aliphatic rings. The van der Waals surface area contributed by atoms with E-state index in [1.54, 1.807) is 0 Å². The maximum Gasteiger partial charge on any atom is 0.0874 e. The van der Waals surface area contributed by atoms with Crippen LogP contribution in [0.5, 0.6) is 0 Å². The van der Waals surface area contributed by atoms with Crippen molar-refractivity contribution in [3.05, 3.63) is 24.3 Å². The van der Waals surface area contributed by atoms with Crippen LogP contribution in [-0.2, 0) is 4.74 Å². The van der Waals surface area contributed by atoms with E-state index in [1.165, 1.54) is 5.69 Å². The van der Waals surface area contributed by atoms with Crippen molar-refractivity contribution in [3.8, 4) is 0 Å². The van der Waals surface area contributed by atoms with E-state index in [0.29, 0.717) is 0 Å². The zero-order valence-corrected chi connectivity index (χ0v) is 11.5. The molecule has 100 valence electrons. The van der Waals surface area contributed by atoms with E-state index in [9.17, 15) is 0 Å². The first-order valence-electron chi connectivity index (χ1n) is 6.46. The van der Waals surface area contributed by atoms with Crippen LogP contribution < -0.4 is 10.2 Å². The second-order valence-corrected chi connectivity index (χ2v) is 5.08. The highest BCUT2D eigenvalue weighted by Crippen LogP contribution is 2.16. The Morgan fingerprint density at radius 1 is 1.33 bits per heavy atom. The highest BCUT2D eigenvalue weighted by molar-refractivity contribution is 5.54. The van der Waals surface area contributed by atoms with Crippen LogP contribution in [0, 0.1) is 0 Å². The first kappa shape index (κ1) is 13.2. The summed E-state index contributed by atoms with van der Waals surface area (Å²) in [6.45, 7) is 3.74. The first-order chi connectivity index (χ1) is 8.65. The summed E-state index contributed by atoms with van der Waals surface area (Å²) in [7, 11) is 6.24. The van der Waals surface area contributed by atoms with E-state index in [2.05, 4.69) is 46.4 Å². The van der Waals surface area contributed by atoms with E-state index in [-0.39, 0.29) is 6.10 Å². The number of hydrogen-bond acceptors (Lipinski definition) is 4. The molecule has 0 aromatic heterocycles. The lowest BCUT2D eigenvalue weighted by Crippen LogP contribution is -2.43. The number of nitrogens with one attached hydrogen (secondary N) is 1. The smallest absolute Gasteiger partial charge is 0.0874 e. The average Bonchev–Trinajstić information content (AvgIpc) is 2.37. The van der Waals surface area contributed by atoms with Crippen LogP contribution >= 0.6 is 0 Å². The van der Waals surface area contributed by atoms with Gasteiger partial charge >= 0.3 is 0 Å². The molecule has 0 aliphatic carbocycles. The summed E-state index contributed by atoms with van der Waals surface area (Å²) < 4.78 is 5.72. The molecule has 1 atom stereocenters. The molecule has 4 nitrogen and oxygen atoms in total. The van der Waals surface area contributed by atoms with Crippen LogP contribution in [0.25, 0.3) is 0 Å². The van der Waals surface area contributed by atoms with Gasteiger partial charge < -0.3 is 19.9 Å². The molecule has 1 aliphatic heterocycles. The third-order valence-electron chi connectivity index (χ3n) is 3.26. The Morgan fingerprint density at radius 2 is 2.06 bits per heavy atom. The van der Waals surface area contributed by atoms with Crippen molar-refractivity contribution < 1.29 is 4.74 Å². The van der Waals surface area contributed by atoms with Crippen LogP contribution in [-0.4, -0.2) is 58.4 Å². The van der Waals surface area contributed by atoms with Gasteiger partial charge in [0.1, 0.15) is 0 Å². The summed E-state index contributed by atoms with van der Waals surface area (Å²) in [5.41, 5.74) is 2.37. The number of morpholine rings is 1. The molecule has 1 N–H and O–H groups in total. The summed E-state index contributed by atoms with van der Waals surface area (Å²) >= 11 is 0. The highest BCUT2D eigenvalue weighted by atomic mass is 16.5. The maximum atomic E-state index is 5.72. The number of rotatable bonds is 4. The quantitative estimate of drug-likeness (QED) is 0.875. The Hall–Kier alpha value is -1.26. The van der Waals surface area contributed by atoms with Crippen LogP contribution in [0.1, 0.15) is 0 Å². The van der Waals surface area contributed by atoms with Gasteiger partial charge in [0.2, 0.25) is 0 Å². The molecule has 1 heterocycles. The van der Waals surface area contributed by atoms with E-state index >= 15 is 0 Å². The molecule has 2 rings (SSSR count). The number of benzene rings is 1. The van der Waals surface area contributed by atoms with Gasteiger partial charge in [-0.05, 0) is 31.3 Å². The lowest BCUT2D eigenvalue weighted by molar-refractivity contribution is -0.0117. The van der Waals surface area contributed by atoms with Crippen LogP contribution in [0.15, 0.2) is 24.3 Å². The SMILES string of the molecule is CN1CCOC(CNc2ccc(N(C)C)cc2)C1. The van der Waals surface area contributed by atoms with Gasteiger partial charge in [-0.1, -0.05) is 0 Å². The fourth-order valence-corrected chi connectivity index (χ4v) is 2.10. The van der Waals surface area contributed by atoms with Crippen LogP contribution in [0.3, 0.4) is 0 Å². The predicted molar refractivity (Wildman–Crippen MR) is 76.5 cm³/mol. The Labute approximate surface area is 110 Å². The number of likely N-dealkylation sites (N-methyl/N-ethyl adjacent to an activating group) is 1. The van der Waals surface area contributed by atoms with Crippen LogP contribution in [0.4, 0.5) is 11.4 Å². The molecular formula is C14H23N3O. The molecule has 1 fully saturated rings. The van der Waals surface area contributed by atoms with Crippen LogP contribution in [0.2, 0.25) is 0 Å². The summed E-state index contributed by atoms with van der Waals surface area (Å²) in [4.78, 5) is 4.41. The second-order valence-electron chi connectivity index (χ2n) is 5.08. The van der Waals surface area contributed by atoms with E-state index < -0.39 is 0 Å². The van der Waals surface area contributed by atoms with Gasteiger partial charge in [0.15, 0.2) is 0 Å². The van der Waals surface area contributed by atoms with Gasteiger partial charge in [-0.15, -0.1) is 0 Å². The van der Waals surface area contributed by atoms with Gasteiger partial charge in [-0.3, -0.25) is 0 Å². The molecule has 1 aromatic carbocycles. The van der Waals surface area contributed by atoms with Crippen molar-refractivity contribution in [3.63, 3.8) is 0 Å². The number of hydrogen-bond donors (Lipinski definition) is 1. The Balaban J connectivity index is 1.82. The molecule has 0 amide bonds. The summed E-state index contributed by atoms with van der Waals surface area (Å²) in [6.07, 6.45) is 0.289. The molecule has 0 saturated carbocycles. The van der Waals surface area contributed by atoms with E-state index in [4.69, 9.17) is 4.74 Å². The molecule has 1 unspecified atom stereocenters. The minimum atomic E-state index is 0.289. The third kappa shape index (κ3) is 3.62. The van der Waals surface area contributed by atoms with Gasteiger partial charge in [0.05, 0.1) is 12.7 Å². The zero-order valence-electron chi connectivity index (χ0n) is 11.5. The topological polar surface area (TPSA) is 27.7 Å². The zero-order chi connectivity index (χ0) is 13.0. The van der Waals surface area contributed by atoms with Gasteiger partial charge in [0, 0.05) is 45.1 Å². The fraction of sp³-hybridized carbons (Fsp3) is 0.571. The molecule has 4 heteroatoms. The highest BCUT2D eigenvalue weighted by Gasteiger charge is 2.16. The van der Waals surface area contributed by atoms with Crippen molar-refractivity contribution in [2.45, 2.75) is 6.10 Å². The molecule has 0 spiro atoms. The monoisotopic (exact) mass is 249 g/mol. The first-order valence-corrected chi connectivity index (χ1v) is 6.46. The summed E-state index contributed by atoms with van der Waals surface area (Å²) in [5, 5.41) is 3.43. The van der Waals surface area contributed by atoms with Crippen molar-refractivity contribution >= 4 is 11.4 Å². The molecule has 1 saturated heterocycles. The molecule has 0 bridgehead atoms. The van der Waals surface area contributed by atoms with E-state index in [0.717, 1.165) is 31.9 Å². The summed E-state index contributed by atoms with van der Waals surface area (Å²) in [5.74, 6) is 0. The normalized spacial score (nSPS) is 20.7. The van der Waals surface area contributed by atoms with Crippen molar-refractivity contribution in [2.24, 2.45) is 0 Å². The predicted octanol–water partition coefficient (Wildman–Crippen LogP) is 1.50. The Kier molecular flexibility index (Phi) is 4.44. The lowest BCUT2D eigenvalue weighted by Gasteiger charge is -2.30. The lowest BCUT2D eigenvalue weighted by atomic mass is 10.2. The minimum absolute atomic E-state index is 0.289. The van der Waals surface area contributed by atoms with Gasteiger partial charge in [0.25, 0.3) is 0 Å². The molecule has 1 aromatic rings. The third-order valence-corrected chi connectivity index (χ3v) is 3.26. The molecular weight excluding hydrogens is 226 g/mol. The van der Waals surface area contributed by atoms with Gasteiger partial charge in [-0.2, -0.15) is 0 Å². The fourth-order valence-electron chi connectivity index (χ4n) is 2.10. The number of ether oxygens (including phenoxy) is 1.